The molecule has 2 aromatic carbocycles. The van der Waals surface area contributed by atoms with E-state index in [4.69, 9.17) is 9.47 Å². The predicted octanol–water partition coefficient (Wildman–Crippen LogP) is 2.97. The quantitative estimate of drug-likeness (QED) is 0.756. The van der Waals surface area contributed by atoms with E-state index in [1.807, 2.05) is 18.2 Å². The van der Waals surface area contributed by atoms with Crippen molar-refractivity contribution < 1.29 is 23.5 Å². The van der Waals surface area contributed by atoms with Crippen LogP contribution < -0.4 is 9.64 Å². The van der Waals surface area contributed by atoms with E-state index in [9.17, 15) is 14.0 Å². The third-order valence-corrected chi connectivity index (χ3v) is 3.69. The van der Waals surface area contributed by atoms with Crippen molar-refractivity contribution in [2.75, 3.05) is 19.1 Å². The Balaban J connectivity index is 1.95. The molecular weight excluding hydrogens is 325 g/mol. The molecule has 0 saturated heterocycles. The second-order valence-electron chi connectivity index (χ2n) is 5.51. The molecule has 0 radical (unpaired) electrons. The molecule has 0 aliphatic carbocycles. The minimum Gasteiger partial charge on any atom is -0.494 e. The molecule has 1 amide bonds. The van der Waals surface area contributed by atoms with E-state index in [-0.39, 0.29) is 18.1 Å². The number of likely N-dealkylation sites (N-methyl/N-ethyl adjacent to an activating group) is 1. The number of carbonyl (C=O) groups excluding carboxylic acids is 2. The number of benzene rings is 2. The van der Waals surface area contributed by atoms with Crippen LogP contribution in [0.3, 0.4) is 0 Å². The van der Waals surface area contributed by atoms with Crippen LogP contribution in [0.2, 0.25) is 0 Å². The van der Waals surface area contributed by atoms with E-state index in [1.54, 1.807) is 25.2 Å². The van der Waals surface area contributed by atoms with E-state index in [0.29, 0.717) is 11.3 Å². The first-order valence-electron chi connectivity index (χ1n) is 7.77. The first-order valence-corrected chi connectivity index (χ1v) is 7.77. The Morgan fingerprint density at radius 3 is 2.44 bits per heavy atom. The van der Waals surface area contributed by atoms with Crippen LogP contribution in [0.1, 0.15) is 12.5 Å². The van der Waals surface area contributed by atoms with E-state index < -0.39 is 17.9 Å². The molecule has 0 N–H and O–H groups in total. The number of halogens is 1. The minimum absolute atomic E-state index is 0.102. The summed E-state index contributed by atoms with van der Waals surface area (Å²) in [6.45, 7) is 1.51. The summed E-state index contributed by atoms with van der Waals surface area (Å²) < 4.78 is 23.6. The minimum atomic E-state index is -0.944. The van der Waals surface area contributed by atoms with Gasteiger partial charge in [-0.05, 0) is 36.8 Å². The zero-order chi connectivity index (χ0) is 18.4. The maximum absolute atomic E-state index is 13.6. The number of methoxy groups -OCH3 is 1. The Morgan fingerprint density at radius 2 is 1.84 bits per heavy atom. The Hall–Kier alpha value is -2.89. The first-order chi connectivity index (χ1) is 11.9. The summed E-state index contributed by atoms with van der Waals surface area (Å²) in [4.78, 5) is 25.8. The lowest BCUT2D eigenvalue weighted by molar-refractivity contribution is -0.153. The van der Waals surface area contributed by atoms with Gasteiger partial charge in [-0.1, -0.05) is 24.3 Å². The van der Waals surface area contributed by atoms with E-state index in [0.717, 1.165) is 0 Å². The topological polar surface area (TPSA) is 55.8 Å². The number of hydrogen-bond acceptors (Lipinski definition) is 4. The molecule has 6 heteroatoms. The third-order valence-electron chi connectivity index (χ3n) is 3.69. The summed E-state index contributed by atoms with van der Waals surface area (Å²) in [5.41, 5.74) is 1.15. The summed E-state index contributed by atoms with van der Waals surface area (Å²) in [6, 6.07) is 13.3. The smallest absolute Gasteiger partial charge is 0.311 e. The number of amides is 1. The van der Waals surface area contributed by atoms with E-state index >= 15 is 0 Å². The van der Waals surface area contributed by atoms with E-state index in [2.05, 4.69) is 0 Å². The van der Waals surface area contributed by atoms with Gasteiger partial charge in [0.25, 0.3) is 5.91 Å². The molecule has 0 aliphatic heterocycles. The van der Waals surface area contributed by atoms with Crippen LogP contribution in [0.5, 0.6) is 5.75 Å². The zero-order valence-electron chi connectivity index (χ0n) is 14.4. The van der Waals surface area contributed by atoms with Gasteiger partial charge in [0, 0.05) is 12.7 Å². The molecule has 25 heavy (non-hydrogen) atoms. The van der Waals surface area contributed by atoms with Crippen LogP contribution in [0, 0.1) is 5.82 Å². The summed E-state index contributed by atoms with van der Waals surface area (Å²) in [7, 11) is 2.98. The molecule has 0 heterocycles. The molecule has 5 nitrogen and oxygen atoms in total. The van der Waals surface area contributed by atoms with Crippen molar-refractivity contribution in [3.05, 3.63) is 59.9 Å². The van der Waals surface area contributed by atoms with Gasteiger partial charge in [-0.25, -0.2) is 4.39 Å². The summed E-state index contributed by atoms with van der Waals surface area (Å²) in [6.07, 6.45) is -1.08. The highest BCUT2D eigenvalue weighted by atomic mass is 19.1. The van der Waals surface area contributed by atoms with Gasteiger partial charge in [0.15, 0.2) is 17.7 Å². The number of anilines is 1. The zero-order valence-corrected chi connectivity index (χ0v) is 14.4. The van der Waals surface area contributed by atoms with Crippen LogP contribution in [0.4, 0.5) is 10.1 Å². The van der Waals surface area contributed by atoms with Crippen molar-refractivity contribution in [1.82, 2.24) is 0 Å². The third kappa shape index (κ3) is 4.79. The highest BCUT2D eigenvalue weighted by Crippen LogP contribution is 2.18. The first kappa shape index (κ1) is 18.4. The van der Waals surface area contributed by atoms with Crippen LogP contribution in [-0.4, -0.2) is 32.1 Å². The second kappa shape index (κ2) is 8.28. The average molecular weight is 345 g/mol. The number of para-hydroxylation sites is 1. The van der Waals surface area contributed by atoms with Gasteiger partial charge in [0.1, 0.15) is 0 Å². The molecule has 2 aromatic rings. The molecule has 0 aromatic heterocycles. The standard InChI is InChI=1S/C19H20FNO4/c1-13(19(23)21(2)15-7-5-4-6-8-15)25-18(22)12-14-9-10-17(24-3)16(20)11-14/h4-11,13H,12H2,1-3H3/t13-/m1/s1. The molecule has 2 rings (SSSR count). The van der Waals surface area contributed by atoms with Crippen LogP contribution >= 0.6 is 0 Å². The maximum Gasteiger partial charge on any atom is 0.311 e. The molecule has 0 fully saturated rings. The van der Waals surface area contributed by atoms with Gasteiger partial charge < -0.3 is 14.4 Å². The lowest BCUT2D eigenvalue weighted by Gasteiger charge is -2.21. The Bertz CT molecular complexity index is 748. The number of carbonyl (C=O) groups is 2. The van der Waals surface area contributed by atoms with Crippen molar-refractivity contribution >= 4 is 17.6 Å². The van der Waals surface area contributed by atoms with Gasteiger partial charge >= 0.3 is 5.97 Å². The molecule has 0 unspecified atom stereocenters. The molecule has 1 atom stereocenters. The molecule has 0 bridgehead atoms. The van der Waals surface area contributed by atoms with Crippen molar-refractivity contribution in [3.8, 4) is 5.75 Å². The van der Waals surface area contributed by atoms with E-state index in [1.165, 1.54) is 31.1 Å². The van der Waals surface area contributed by atoms with Crippen molar-refractivity contribution in [2.24, 2.45) is 0 Å². The lowest BCUT2D eigenvalue weighted by atomic mass is 10.1. The summed E-state index contributed by atoms with van der Waals surface area (Å²) in [5, 5.41) is 0. The number of ether oxygens (including phenoxy) is 2. The van der Waals surface area contributed by atoms with Gasteiger partial charge in [-0.15, -0.1) is 0 Å². The number of nitrogens with zero attached hydrogens (tertiary/aromatic N) is 1. The van der Waals surface area contributed by atoms with Gasteiger partial charge in [0.2, 0.25) is 0 Å². The molecule has 0 saturated carbocycles. The monoisotopic (exact) mass is 345 g/mol. The summed E-state index contributed by atoms with van der Waals surface area (Å²) >= 11 is 0. The fourth-order valence-electron chi connectivity index (χ4n) is 2.33. The lowest BCUT2D eigenvalue weighted by Crippen LogP contribution is -2.37. The predicted molar refractivity (Wildman–Crippen MR) is 92.1 cm³/mol. The van der Waals surface area contributed by atoms with Gasteiger partial charge in [-0.2, -0.15) is 0 Å². The van der Waals surface area contributed by atoms with Crippen molar-refractivity contribution in [1.29, 1.82) is 0 Å². The summed E-state index contributed by atoms with van der Waals surface area (Å²) in [5.74, 6) is -1.40. The van der Waals surface area contributed by atoms with Crippen molar-refractivity contribution in [2.45, 2.75) is 19.4 Å². The van der Waals surface area contributed by atoms with Crippen molar-refractivity contribution in [3.63, 3.8) is 0 Å². The van der Waals surface area contributed by atoms with Crippen LogP contribution in [0.15, 0.2) is 48.5 Å². The largest absolute Gasteiger partial charge is 0.494 e. The molecule has 0 spiro atoms. The normalized spacial score (nSPS) is 11.5. The Morgan fingerprint density at radius 1 is 1.16 bits per heavy atom. The fourth-order valence-corrected chi connectivity index (χ4v) is 2.33. The van der Waals surface area contributed by atoms with Gasteiger partial charge in [0.05, 0.1) is 13.5 Å². The number of rotatable bonds is 6. The highest BCUT2D eigenvalue weighted by Gasteiger charge is 2.22. The highest BCUT2D eigenvalue weighted by molar-refractivity contribution is 5.96. The molecule has 0 aliphatic rings. The maximum atomic E-state index is 13.6. The number of hydrogen-bond donors (Lipinski definition) is 0. The molecular formula is C19H20FNO4. The molecule has 132 valence electrons. The Labute approximate surface area is 146 Å². The SMILES string of the molecule is COc1ccc(CC(=O)O[C@H](C)C(=O)N(C)c2ccccc2)cc1F. The average Bonchev–Trinajstić information content (AvgIpc) is 2.61. The fraction of sp³-hybridized carbons (Fsp3) is 0.263. The van der Waals surface area contributed by atoms with Crippen LogP contribution in [-0.2, 0) is 20.7 Å². The van der Waals surface area contributed by atoms with Crippen LogP contribution in [0.25, 0.3) is 0 Å². The van der Waals surface area contributed by atoms with Gasteiger partial charge in [-0.3, -0.25) is 9.59 Å². The Kier molecular flexibility index (Phi) is 6.11. The number of esters is 1. The second-order valence-corrected chi connectivity index (χ2v) is 5.51.